The van der Waals surface area contributed by atoms with Crippen LogP contribution in [-0.2, 0) is 0 Å². The van der Waals surface area contributed by atoms with E-state index in [0.29, 0.717) is 0 Å². The Kier molecular flexibility index (Phi) is 5.67. The fourth-order valence-electron chi connectivity index (χ4n) is 3.80. The van der Waals surface area contributed by atoms with Gasteiger partial charge in [-0.15, -0.1) is 0 Å². The SMILES string of the molecule is CC(C)C1CCCC(CN)(NN2CCCCC2)CC1. The Morgan fingerprint density at radius 3 is 2.47 bits per heavy atom. The standard InChI is InChI=1S/C16H33N3/c1-14(2)15-7-6-9-16(13-17,10-8-15)18-19-11-4-3-5-12-19/h14-15,18H,3-13,17H2,1-2H3. The summed E-state index contributed by atoms with van der Waals surface area (Å²) in [6.45, 7) is 7.94. The van der Waals surface area contributed by atoms with Crippen molar-refractivity contribution in [1.29, 1.82) is 0 Å². The van der Waals surface area contributed by atoms with Gasteiger partial charge in [0.1, 0.15) is 0 Å². The maximum absolute atomic E-state index is 6.16. The topological polar surface area (TPSA) is 41.3 Å². The van der Waals surface area contributed by atoms with Gasteiger partial charge in [0.25, 0.3) is 0 Å². The van der Waals surface area contributed by atoms with Gasteiger partial charge in [-0.25, -0.2) is 10.4 Å². The first-order chi connectivity index (χ1) is 9.15. The van der Waals surface area contributed by atoms with Gasteiger partial charge < -0.3 is 5.73 Å². The number of nitrogens with one attached hydrogen (secondary N) is 1. The number of nitrogens with zero attached hydrogens (tertiary/aromatic N) is 1. The first-order valence-electron chi connectivity index (χ1n) is 8.38. The second-order valence-electron chi connectivity index (χ2n) is 7.08. The van der Waals surface area contributed by atoms with Crippen molar-refractivity contribution in [3.63, 3.8) is 0 Å². The summed E-state index contributed by atoms with van der Waals surface area (Å²) in [4.78, 5) is 0. The second kappa shape index (κ2) is 7.05. The van der Waals surface area contributed by atoms with E-state index in [9.17, 15) is 0 Å². The number of rotatable bonds is 4. The third kappa shape index (κ3) is 4.17. The van der Waals surface area contributed by atoms with Crippen LogP contribution in [0.2, 0.25) is 0 Å². The van der Waals surface area contributed by atoms with E-state index in [4.69, 9.17) is 5.73 Å². The summed E-state index contributed by atoms with van der Waals surface area (Å²) in [5.41, 5.74) is 10.2. The van der Waals surface area contributed by atoms with E-state index in [0.717, 1.165) is 18.4 Å². The molecule has 3 N–H and O–H groups in total. The summed E-state index contributed by atoms with van der Waals surface area (Å²) < 4.78 is 0. The molecular weight excluding hydrogens is 234 g/mol. The molecule has 2 atom stereocenters. The zero-order valence-corrected chi connectivity index (χ0v) is 13.0. The fourth-order valence-corrected chi connectivity index (χ4v) is 3.80. The molecule has 0 aromatic heterocycles. The molecule has 112 valence electrons. The van der Waals surface area contributed by atoms with Gasteiger partial charge in [0, 0.05) is 25.2 Å². The van der Waals surface area contributed by atoms with Gasteiger partial charge in [-0.3, -0.25) is 0 Å². The number of hydrogen-bond donors (Lipinski definition) is 2. The van der Waals surface area contributed by atoms with Crippen LogP contribution in [0.25, 0.3) is 0 Å². The number of nitrogens with two attached hydrogens (primary N) is 1. The van der Waals surface area contributed by atoms with E-state index in [1.54, 1.807) is 0 Å². The van der Waals surface area contributed by atoms with Crippen molar-refractivity contribution in [3.05, 3.63) is 0 Å². The first-order valence-corrected chi connectivity index (χ1v) is 8.38. The molecule has 2 rings (SSSR count). The van der Waals surface area contributed by atoms with Crippen molar-refractivity contribution in [2.45, 2.75) is 70.8 Å². The van der Waals surface area contributed by atoms with Crippen LogP contribution in [0.15, 0.2) is 0 Å². The Morgan fingerprint density at radius 2 is 1.84 bits per heavy atom. The summed E-state index contributed by atoms with van der Waals surface area (Å²) in [6.07, 6.45) is 10.6. The largest absolute Gasteiger partial charge is 0.329 e. The summed E-state index contributed by atoms with van der Waals surface area (Å²) in [6, 6.07) is 0. The Balaban J connectivity index is 1.93. The Bertz CT molecular complexity index is 261. The molecule has 3 heteroatoms. The molecule has 2 fully saturated rings. The predicted molar refractivity (Wildman–Crippen MR) is 81.8 cm³/mol. The van der Waals surface area contributed by atoms with E-state index in [1.165, 1.54) is 64.5 Å². The maximum Gasteiger partial charge on any atom is 0.0448 e. The zero-order valence-electron chi connectivity index (χ0n) is 13.0. The number of hydrogen-bond acceptors (Lipinski definition) is 3. The van der Waals surface area contributed by atoms with Gasteiger partial charge in [0.2, 0.25) is 0 Å². The summed E-state index contributed by atoms with van der Waals surface area (Å²) in [5, 5.41) is 2.45. The number of hydrazine groups is 1. The minimum atomic E-state index is 0.182. The molecule has 1 heterocycles. The minimum absolute atomic E-state index is 0.182. The third-order valence-electron chi connectivity index (χ3n) is 5.31. The van der Waals surface area contributed by atoms with Crippen molar-refractivity contribution in [1.82, 2.24) is 10.4 Å². The van der Waals surface area contributed by atoms with Crippen molar-refractivity contribution in [3.8, 4) is 0 Å². The van der Waals surface area contributed by atoms with Crippen molar-refractivity contribution < 1.29 is 0 Å². The smallest absolute Gasteiger partial charge is 0.0448 e. The lowest BCUT2D eigenvalue weighted by Gasteiger charge is -2.40. The van der Waals surface area contributed by atoms with Gasteiger partial charge in [-0.1, -0.05) is 33.1 Å². The van der Waals surface area contributed by atoms with Crippen LogP contribution in [0.1, 0.15) is 65.2 Å². The molecule has 19 heavy (non-hydrogen) atoms. The number of piperidine rings is 1. The zero-order chi connectivity index (χ0) is 13.7. The minimum Gasteiger partial charge on any atom is -0.329 e. The molecule has 1 saturated carbocycles. The van der Waals surface area contributed by atoms with Crippen LogP contribution in [-0.4, -0.2) is 30.2 Å². The van der Waals surface area contributed by atoms with Crippen LogP contribution < -0.4 is 11.2 Å². The van der Waals surface area contributed by atoms with Crippen molar-refractivity contribution >= 4 is 0 Å². The van der Waals surface area contributed by atoms with E-state index in [2.05, 4.69) is 24.3 Å². The average Bonchev–Trinajstić information content (AvgIpc) is 2.63. The predicted octanol–water partition coefficient (Wildman–Crippen LogP) is 2.91. The Morgan fingerprint density at radius 1 is 1.11 bits per heavy atom. The van der Waals surface area contributed by atoms with Gasteiger partial charge in [0.05, 0.1) is 0 Å². The fraction of sp³-hybridized carbons (Fsp3) is 1.00. The van der Waals surface area contributed by atoms with Crippen LogP contribution in [0.5, 0.6) is 0 Å². The maximum atomic E-state index is 6.16. The quantitative estimate of drug-likeness (QED) is 0.770. The first kappa shape index (κ1) is 15.3. The summed E-state index contributed by atoms with van der Waals surface area (Å²) >= 11 is 0. The molecule has 0 radical (unpaired) electrons. The van der Waals surface area contributed by atoms with E-state index >= 15 is 0 Å². The molecule has 1 saturated heterocycles. The highest BCUT2D eigenvalue weighted by atomic mass is 15.5. The Labute approximate surface area is 119 Å². The lowest BCUT2D eigenvalue weighted by Crippen LogP contribution is -2.59. The van der Waals surface area contributed by atoms with Gasteiger partial charge in [-0.05, 0) is 43.9 Å². The molecule has 1 aliphatic carbocycles. The third-order valence-corrected chi connectivity index (χ3v) is 5.31. The molecule has 2 unspecified atom stereocenters. The summed E-state index contributed by atoms with van der Waals surface area (Å²) in [5.74, 6) is 1.72. The van der Waals surface area contributed by atoms with Crippen molar-refractivity contribution in [2.24, 2.45) is 17.6 Å². The van der Waals surface area contributed by atoms with Crippen LogP contribution >= 0.6 is 0 Å². The molecule has 1 aliphatic heterocycles. The van der Waals surface area contributed by atoms with Crippen molar-refractivity contribution in [2.75, 3.05) is 19.6 Å². The molecule has 2 aliphatic rings. The highest BCUT2D eigenvalue weighted by Gasteiger charge is 2.34. The van der Waals surface area contributed by atoms with E-state index in [1.807, 2.05) is 0 Å². The van der Waals surface area contributed by atoms with E-state index in [-0.39, 0.29) is 5.54 Å². The molecule has 0 aromatic carbocycles. The molecular formula is C16H33N3. The van der Waals surface area contributed by atoms with Crippen LogP contribution in [0, 0.1) is 11.8 Å². The normalized spacial score (nSPS) is 34.4. The Hall–Kier alpha value is -0.120. The molecule has 0 spiro atoms. The van der Waals surface area contributed by atoms with Gasteiger partial charge >= 0.3 is 0 Å². The van der Waals surface area contributed by atoms with Gasteiger partial charge in [-0.2, -0.15) is 0 Å². The van der Waals surface area contributed by atoms with Crippen LogP contribution in [0.3, 0.4) is 0 Å². The van der Waals surface area contributed by atoms with Crippen LogP contribution in [0.4, 0.5) is 0 Å². The molecule has 3 nitrogen and oxygen atoms in total. The lowest BCUT2D eigenvalue weighted by molar-refractivity contribution is 0.0732. The summed E-state index contributed by atoms with van der Waals surface area (Å²) in [7, 11) is 0. The van der Waals surface area contributed by atoms with E-state index < -0.39 is 0 Å². The molecule has 0 amide bonds. The average molecular weight is 267 g/mol. The second-order valence-corrected chi connectivity index (χ2v) is 7.08. The van der Waals surface area contributed by atoms with Gasteiger partial charge in [0.15, 0.2) is 0 Å². The lowest BCUT2D eigenvalue weighted by atomic mass is 9.87. The highest BCUT2D eigenvalue weighted by Crippen LogP contribution is 2.34. The highest BCUT2D eigenvalue weighted by molar-refractivity contribution is 4.92. The monoisotopic (exact) mass is 267 g/mol. The molecule has 0 aromatic rings. The molecule has 0 bridgehead atoms.